The molecule has 0 aromatic rings. The van der Waals surface area contributed by atoms with Gasteiger partial charge in [0.15, 0.2) is 11.6 Å². The molecule has 1 saturated heterocycles. The Morgan fingerprint density at radius 1 is 1.62 bits per heavy atom. The third-order valence-corrected chi connectivity index (χ3v) is 1.82. The molecule has 0 spiro atoms. The number of ether oxygens (including phenoxy) is 2. The topological polar surface area (TPSA) is 35.5 Å². The highest BCUT2D eigenvalue weighted by atomic mass is 16.7. The maximum absolute atomic E-state index is 10.6. The summed E-state index contributed by atoms with van der Waals surface area (Å²) < 4.78 is 10.9. The van der Waals surface area contributed by atoms with Crippen LogP contribution in [0.15, 0.2) is 12.2 Å². The van der Waals surface area contributed by atoms with E-state index in [2.05, 4.69) is 0 Å². The molecule has 0 aromatic carbocycles. The van der Waals surface area contributed by atoms with Crippen molar-refractivity contribution in [3.63, 3.8) is 0 Å². The molecule has 1 aliphatic heterocycles. The van der Waals surface area contributed by atoms with Gasteiger partial charge in [-0.25, -0.2) is 0 Å². The Morgan fingerprint density at radius 2 is 2.31 bits per heavy atom. The van der Waals surface area contributed by atoms with Crippen molar-refractivity contribution in [2.45, 2.75) is 39.1 Å². The highest BCUT2D eigenvalue weighted by molar-refractivity contribution is 5.87. The Balaban J connectivity index is 2.29. The molecule has 0 N–H and O–H groups in total. The largest absolute Gasteiger partial charge is 0.348 e. The van der Waals surface area contributed by atoms with Crippen molar-refractivity contribution in [2.24, 2.45) is 0 Å². The smallest absolute Gasteiger partial charge is 0.163 e. The average molecular weight is 184 g/mol. The van der Waals surface area contributed by atoms with Gasteiger partial charge in [-0.15, -0.1) is 0 Å². The summed E-state index contributed by atoms with van der Waals surface area (Å²) in [5.74, 6) is -0.396. The first-order chi connectivity index (χ1) is 5.99. The van der Waals surface area contributed by atoms with Crippen LogP contribution < -0.4 is 0 Å². The van der Waals surface area contributed by atoms with E-state index in [1.54, 1.807) is 6.08 Å². The second-order valence-corrected chi connectivity index (χ2v) is 3.70. The molecule has 0 amide bonds. The van der Waals surface area contributed by atoms with Gasteiger partial charge in [0.05, 0.1) is 12.7 Å². The van der Waals surface area contributed by atoms with E-state index in [0.717, 1.165) is 6.42 Å². The first kappa shape index (κ1) is 10.4. The highest BCUT2D eigenvalue weighted by Gasteiger charge is 2.31. The predicted octanol–water partition coefficient (Wildman–Crippen LogP) is 1.67. The van der Waals surface area contributed by atoms with Gasteiger partial charge in [0.25, 0.3) is 0 Å². The van der Waals surface area contributed by atoms with Crippen molar-refractivity contribution < 1.29 is 14.3 Å². The van der Waals surface area contributed by atoms with Crippen molar-refractivity contribution in [2.75, 3.05) is 6.61 Å². The second kappa shape index (κ2) is 4.03. The SMILES string of the molecule is CC(=O)/C=C/CC1COC(C)(C)O1. The Morgan fingerprint density at radius 3 is 2.77 bits per heavy atom. The zero-order chi connectivity index (χ0) is 9.90. The number of carbonyl (C=O) groups is 1. The lowest BCUT2D eigenvalue weighted by atomic mass is 10.2. The molecule has 0 aliphatic carbocycles. The highest BCUT2D eigenvalue weighted by Crippen LogP contribution is 2.23. The van der Waals surface area contributed by atoms with Crippen LogP contribution in [0.3, 0.4) is 0 Å². The summed E-state index contributed by atoms with van der Waals surface area (Å²) in [6, 6.07) is 0. The first-order valence-corrected chi connectivity index (χ1v) is 4.48. The predicted molar refractivity (Wildman–Crippen MR) is 49.3 cm³/mol. The number of carbonyl (C=O) groups excluding carboxylic acids is 1. The number of ketones is 1. The molecule has 1 aliphatic rings. The summed E-state index contributed by atoms with van der Waals surface area (Å²) >= 11 is 0. The molecule has 74 valence electrons. The van der Waals surface area contributed by atoms with Gasteiger partial charge in [-0.3, -0.25) is 4.79 Å². The van der Waals surface area contributed by atoms with Gasteiger partial charge in [0.1, 0.15) is 0 Å². The van der Waals surface area contributed by atoms with Crippen LogP contribution in [0.4, 0.5) is 0 Å². The molecule has 1 atom stereocenters. The van der Waals surface area contributed by atoms with Crippen molar-refractivity contribution in [3.8, 4) is 0 Å². The maximum Gasteiger partial charge on any atom is 0.163 e. The van der Waals surface area contributed by atoms with E-state index < -0.39 is 5.79 Å². The second-order valence-electron chi connectivity index (χ2n) is 3.70. The van der Waals surface area contributed by atoms with Gasteiger partial charge in [-0.2, -0.15) is 0 Å². The van der Waals surface area contributed by atoms with Crippen LogP contribution in [0.25, 0.3) is 0 Å². The van der Waals surface area contributed by atoms with E-state index in [9.17, 15) is 4.79 Å². The van der Waals surface area contributed by atoms with E-state index in [0.29, 0.717) is 6.61 Å². The summed E-state index contributed by atoms with van der Waals surface area (Å²) in [4.78, 5) is 10.6. The van der Waals surface area contributed by atoms with Crippen molar-refractivity contribution in [1.82, 2.24) is 0 Å². The fraction of sp³-hybridized carbons (Fsp3) is 0.700. The molecule has 1 heterocycles. The van der Waals surface area contributed by atoms with Crippen LogP contribution in [-0.4, -0.2) is 24.3 Å². The monoisotopic (exact) mass is 184 g/mol. The molecule has 0 radical (unpaired) electrons. The number of rotatable bonds is 3. The van der Waals surface area contributed by atoms with Crippen LogP contribution in [0, 0.1) is 0 Å². The number of allylic oxidation sites excluding steroid dienone is 1. The molecule has 13 heavy (non-hydrogen) atoms. The molecule has 0 bridgehead atoms. The fourth-order valence-electron chi connectivity index (χ4n) is 1.26. The van der Waals surface area contributed by atoms with Gasteiger partial charge in [0, 0.05) is 0 Å². The molecule has 1 unspecified atom stereocenters. The van der Waals surface area contributed by atoms with E-state index in [1.807, 2.05) is 19.9 Å². The normalized spacial score (nSPS) is 26.8. The third kappa shape index (κ3) is 3.70. The lowest BCUT2D eigenvalue weighted by Crippen LogP contribution is -2.21. The van der Waals surface area contributed by atoms with Crippen molar-refractivity contribution in [3.05, 3.63) is 12.2 Å². The summed E-state index contributed by atoms with van der Waals surface area (Å²) in [5.41, 5.74) is 0. The van der Waals surface area contributed by atoms with Gasteiger partial charge >= 0.3 is 0 Å². The summed E-state index contributed by atoms with van der Waals surface area (Å²) in [5, 5.41) is 0. The van der Waals surface area contributed by atoms with Crippen molar-refractivity contribution in [1.29, 1.82) is 0 Å². The standard InChI is InChI=1S/C10H16O3/c1-8(11)5-4-6-9-7-12-10(2,3)13-9/h4-5,9H,6-7H2,1-3H3/b5-4+. The zero-order valence-electron chi connectivity index (χ0n) is 8.37. The molecule has 3 heteroatoms. The van der Waals surface area contributed by atoms with Crippen LogP contribution in [0.5, 0.6) is 0 Å². The zero-order valence-corrected chi connectivity index (χ0v) is 8.37. The Labute approximate surface area is 78.7 Å². The lowest BCUT2D eigenvalue weighted by molar-refractivity contribution is -0.137. The van der Waals surface area contributed by atoms with E-state index in [-0.39, 0.29) is 11.9 Å². The van der Waals surface area contributed by atoms with Gasteiger partial charge in [-0.05, 0) is 33.3 Å². The number of hydrogen-bond donors (Lipinski definition) is 0. The van der Waals surface area contributed by atoms with Crippen LogP contribution in [0.1, 0.15) is 27.2 Å². The molecule has 0 aromatic heterocycles. The number of hydrogen-bond acceptors (Lipinski definition) is 3. The van der Waals surface area contributed by atoms with Crippen LogP contribution in [0.2, 0.25) is 0 Å². The Kier molecular flexibility index (Phi) is 3.22. The minimum absolute atomic E-state index is 0.0678. The van der Waals surface area contributed by atoms with Crippen molar-refractivity contribution >= 4 is 5.78 Å². The molecule has 3 nitrogen and oxygen atoms in total. The lowest BCUT2D eigenvalue weighted by Gasteiger charge is -2.16. The summed E-state index contributed by atoms with van der Waals surface area (Å²) in [6.45, 7) is 5.92. The van der Waals surface area contributed by atoms with Gasteiger partial charge in [0.2, 0.25) is 0 Å². The summed E-state index contributed by atoms with van der Waals surface area (Å²) in [6.07, 6.45) is 4.22. The molecule has 1 rings (SSSR count). The quantitative estimate of drug-likeness (QED) is 0.626. The molecular formula is C10H16O3. The van der Waals surface area contributed by atoms with Gasteiger partial charge in [-0.1, -0.05) is 6.08 Å². The molecule has 0 saturated carbocycles. The third-order valence-electron chi connectivity index (χ3n) is 1.82. The van der Waals surface area contributed by atoms with Crippen LogP contribution in [-0.2, 0) is 14.3 Å². The minimum Gasteiger partial charge on any atom is -0.348 e. The Bertz CT molecular complexity index is 218. The van der Waals surface area contributed by atoms with E-state index in [1.165, 1.54) is 6.92 Å². The summed E-state index contributed by atoms with van der Waals surface area (Å²) in [7, 11) is 0. The minimum atomic E-state index is -0.464. The van der Waals surface area contributed by atoms with Crippen LogP contribution >= 0.6 is 0 Å². The first-order valence-electron chi connectivity index (χ1n) is 4.48. The molecular weight excluding hydrogens is 168 g/mol. The average Bonchev–Trinajstić information content (AvgIpc) is 2.29. The Hall–Kier alpha value is -0.670. The van der Waals surface area contributed by atoms with Gasteiger partial charge < -0.3 is 9.47 Å². The maximum atomic E-state index is 10.6. The molecule has 1 fully saturated rings. The van der Waals surface area contributed by atoms with E-state index >= 15 is 0 Å². The fourth-order valence-corrected chi connectivity index (χ4v) is 1.26. The van der Waals surface area contributed by atoms with E-state index in [4.69, 9.17) is 9.47 Å².